The molecule has 1 saturated heterocycles. The fraction of sp³-hybridized carbons (Fsp3) is 0.391. The third-order valence-electron chi connectivity index (χ3n) is 7.09. The Labute approximate surface area is 179 Å². The third kappa shape index (κ3) is 3.02. The molecule has 1 saturated carbocycles. The third-order valence-corrected chi connectivity index (χ3v) is 7.09. The maximum absolute atomic E-state index is 12.9. The van der Waals surface area contributed by atoms with Gasteiger partial charge in [0.25, 0.3) is 0 Å². The molecular formula is C23H22N4O4. The number of aliphatic carboxylic acids is 1. The van der Waals surface area contributed by atoms with Crippen LogP contribution in [0.25, 0.3) is 21.6 Å². The molecule has 1 heterocycles. The van der Waals surface area contributed by atoms with Crippen LogP contribution in [0.1, 0.15) is 29.9 Å². The Morgan fingerprint density at radius 2 is 1.81 bits per heavy atom. The van der Waals surface area contributed by atoms with Gasteiger partial charge in [-0.15, -0.1) is 0 Å². The molecule has 1 unspecified atom stereocenters. The lowest BCUT2D eigenvalue weighted by Crippen LogP contribution is -2.38. The van der Waals surface area contributed by atoms with E-state index in [0.717, 1.165) is 22.3 Å². The standard InChI is InChI=1S/C23H22N4O4/c24-26-25-15-9-14-11-27(13-23(14,10-15)21(28)29)22(30)31-12-20-18-7-3-1-5-16(18)17-6-2-4-8-19(17)20/h1-8,14-15,20H,9-13H2,(H,28,29)/t14?,15-,23+/m0/s1. The smallest absolute Gasteiger partial charge is 0.409 e. The van der Waals surface area contributed by atoms with Crippen molar-refractivity contribution in [1.29, 1.82) is 0 Å². The molecule has 8 heteroatoms. The van der Waals surface area contributed by atoms with E-state index in [-0.39, 0.29) is 37.5 Å². The van der Waals surface area contributed by atoms with Crippen LogP contribution in [-0.4, -0.2) is 47.8 Å². The van der Waals surface area contributed by atoms with Crippen LogP contribution in [0.4, 0.5) is 4.79 Å². The number of carboxylic acid groups (broad SMARTS) is 1. The molecule has 1 N–H and O–H groups in total. The van der Waals surface area contributed by atoms with Crippen LogP contribution in [0.3, 0.4) is 0 Å². The number of carbonyl (C=O) groups is 2. The number of azide groups is 1. The molecule has 158 valence electrons. The number of carboxylic acids is 1. The predicted molar refractivity (Wildman–Crippen MR) is 112 cm³/mol. The van der Waals surface area contributed by atoms with Crippen molar-refractivity contribution in [1.82, 2.24) is 4.90 Å². The Kier molecular flexibility index (Phi) is 4.59. The Bertz CT molecular complexity index is 1070. The van der Waals surface area contributed by atoms with E-state index in [1.165, 1.54) is 4.90 Å². The molecule has 3 aliphatic rings. The minimum absolute atomic E-state index is 0.0405. The van der Waals surface area contributed by atoms with Crippen molar-refractivity contribution in [2.75, 3.05) is 19.7 Å². The summed E-state index contributed by atoms with van der Waals surface area (Å²) in [6.45, 7) is 0.594. The zero-order valence-electron chi connectivity index (χ0n) is 16.8. The molecule has 0 bridgehead atoms. The minimum atomic E-state index is -1.07. The first-order valence-electron chi connectivity index (χ1n) is 10.4. The first kappa shape index (κ1) is 19.5. The maximum atomic E-state index is 12.9. The van der Waals surface area contributed by atoms with Gasteiger partial charge in [0.05, 0.1) is 5.41 Å². The van der Waals surface area contributed by atoms with Crippen molar-refractivity contribution in [3.05, 3.63) is 70.1 Å². The molecular weight excluding hydrogens is 396 g/mol. The summed E-state index contributed by atoms with van der Waals surface area (Å²) >= 11 is 0. The first-order valence-corrected chi connectivity index (χ1v) is 10.4. The number of ether oxygens (including phenoxy) is 1. The molecule has 0 radical (unpaired) electrons. The van der Waals surface area contributed by atoms with Crippen LogP contribution < -0.4 is 0 Å². The van der Waals surface area contributed by atoms with Crippen LogP contribution in [0.2, 0.25) is 0 Å². The van der Waals surface area contributed by atoms with Gasteiger partial charge < -0.3 is 14.7 Å². The number of carbonyl (C=O) groups excluding carboxylic acids is 1. The van der Waals surface area contributed by atoms with E-state index in [1.54, 1.807) is 0 Å². The minimum Gasteiger partial charge on any atom is -0.481 e. The quantitative estimate of drug-likeness (QED) is 0.450. The van der Waals surface area contributed by atoms with Gasteiger partial charge >= 0.3 is 12.1 Å². The number of hydrogen-bond donors (Lipinski definition) is 1. The van der Waals surface area contributed by atoms with E-state index in [4.69, 9.17) is 10.3 Å². The highest BCUT2D eigenvalue weighted by molar-refractivity contribution is 5.80. The lowest BCUT2D eigenvalue weighted by Gasteiger charge is -2.24. The van der Waals surface area contributed by atoms with Gasteiger partial charge in [-0.2, -0.15) is 0 Å². The van der Waals surface area contributed by atoms with Crippen LogP contribution in [-0.2, 0) is 9.53 Å². The number of benzene rings is 2. The summed E-state index contributed by atoms with van der Waals surface area (Å²) in [7, 11) is 0. The van der Waals surface area contributed by atoms with Gasteiger partial charge in [-0.1, -0.05) is 53.6 Å². The number of nitrogens with zero attached hydrogens (tertiary/aromatic N) is 4. The van der Waals surface area contributed by atoms with Crippen molar-refractivity contribution < 1.29 is 19.4 Å². The SMILES string of the molecule is [N-]=[N+]=N[C@H]1CC2CN(C(=O)OCC3c4ccccc4-c4ccccc43)C[C@]2(C(=O)O)C1. The number of hydrogen-bond acceptors (Lipinski definition) is 4. The lowest BCUT2D eigenvalue weighted by atomic mass is 9.81. The second-order valence-corrected chi connectivity index (χ2v) is 8.64. The zero-order valence-corrected chi connectivity index (χ0v) is 16.8. The van der Waals surface area contributed by atoms with Crippen LogP contribution >= 0.6 is 0 Å². The zero-order chi connectivity index (χ0) is 21.6. The van der Waals surface area contributed by atoms with Gasteiger partial charge in [-0.25, -0.2) is 4.79 Å². The monoisotopic (exact) mass is 418 g/mol. The van der Waals surface area contributed by atoms with E-state index >= 15 is 0 Å². The maximum Gasteiger partial charge on any atom is 0.409 e. The highest BCUT2D eigenvalue weighted by Gasteiger charge is 2.59. The number of amides is 1. The summed E-state index contributed by atoms with van der Waals surface area (Å²) in [6, 6.07) is 15.9. The lowest BCUT2D eigenvalue weighted by molar-refractivity contribution is -0.149. The average Bonchev–Trinajstić information content (AvgIpc) is 3.40. The van der Waals surface area contributed by atoms with E-state index in [1.807, 2.05) is 24.3 Å². The summed E-state index contributed by atoms with van der Waals surface area (Å²) in [4.78, 5) is 29.2. The number of likely N-dealkylation sites (tertiary alicyclic amines) is 1. The first-order chi connectivity index (χ1) is 15.0. The van der Waals surface area contributed by atoms with Gasteiger partial charge in [0, 0.05) is 30.0 Å². The van der Waals surface area contributed by atoms with Crippen molar-refractivity contribution in [2.24, 2.45) is 16.4 Å². The van der Waals surface area contributed by atoms with Crippen molar-refractivity contribution in [3.63, 3.8) is 0 Å². The Balaban J connectivity index is 1.30. The molecule has 2 aliphatic carbocycles. The molecule has 2 aromatic rings. The highest BCUT2D eigenvalue weighted by Crippen LogP contribution is 2.50. The molecule has 2 aromatic carbocycles. The van der Waals surface area contributed by atoms with Gasteiger partial charge in [0.15, 0.2) is 0 Å². The van der Waals surface area contributed by atoms with Gasteiger partial charge in [0.1, 0.15) is 6.61 Å². The molecule has 3 atom stereocenters. The number of fused-ring (bicyclic) bond motifs is 4. The summed E-state index contributed by atoms with van der Waals surface area (Å²) in [5.41, 5.74) is 12.2. The fourth-order valence-corrected chi connectivity index (χ4v) is 5.65. The van der Waals surface area contributed by atoms with E-state index < -0.39 is 17.5 Å². The van der Waals surface area contributed by atoms with E-state index in [2.05, 4.69) is 34.3 Å². The van der Waals surface area contributed by atoms with Gasteiger partial charge in [0.2, 0.25) is 0 Å². The van der Waals surface area contributed by atoms with Crippen LogP contribution in [0.15, 0.2) is 53.6 Å². The fourth-order valence-electron chi connectivity index (χ4n) is 5.65. The van der Waals surface area contributed by atoms with Crippen LogP contribution in [0.5, 0.6) is 0 Å². The Hall–Kier alpha value is -3.51. The average molecular weight is 418 g/mol. The molecule has 31 heavy (non-hydrogen) atoms. The molecule has 5 rings (SSSR count). The van der Waals surface area contributed by atoms with Crippen LogP contribution in [0, 0.1) is 11.3 Å². The van der Waals surface area contributed by atoms with Gasteiger partial charge in [-0.05, 0) is 46.5 Å². The summed E-state index contributed by atoms with van der Waals surface area (Å²) < 4.78 is 5.70. The largest absolute Gasteiger partial charge is 0.481 e. The van der Waals surface area contributed by atoms with Gasteiger partial charge in [-0.3, -0.25) is 4.79 Å². The number of rotatable bonds is 4. The van der Waals surface area contributed by atoms with Crippen molar-refractivity contribution in [2.45, 2.75) is 24.8 Å². The predicted octanol–water partition coefficient (Wildman–Crippen LogP) is 4.41. The Morgan fingerprint density at radius 1 is 1.16 bits per heavy atom. The second kappa shape index (κ2) is 7.32. The topological polar surface area (TPSA) is 116 Å². The van der Waals surface area contributed by atoms with E-state index in [0.29, 0.717) is 13.0 Å². The van der Waals surface area contributed by atoms with Crippen molar-refractivity contribution >= 4 is 12.1 Å². The molecule has 1 amide bonds. The highest BCUT2D eigenvalue weighted by atomic mass is 16.6. The molecule has 1 aliphatic heterocycles. The molecule has 8 nitrogen and oxygen atoms in total. The molecule has 0 spiro atoms. The summed E-state index contributed by atoms with van der Waals surface area (Å²) in [5, 5.41) is 13.6. The van der Waals surface area contributed by atoms with Crippen molar-refractivity contribution in [3.8, 4) is 11.1 Å². The summed E-state index contributed by atoms with van der Waals surface area (Å²) in [5.74, 6) is -1.22. The molecule has 2 fully saturated rings. The Morgan fingerprint density at radius 3 is 2.39 bits per heavy atom. The normalized spacial score (nSPS) is 26.0. The second-order valence-electron chi connectivity index (χ2n) is 8.64. The molecule has 0 aromatic heterocycles. The summed E-state index contributed by atoms with van der Waals surface area (Å²) in [6.07, 6.45) is 0.241. The van der Waals surface area contributed by atoms with E-state index in [9.17, 15) is 14.7 Å².